The normalized spacial score (nSPS) is 23.1. The van der Waals surface area contributed by atoms with Crippen LogP contribution >= 0.6 is 0 Å². The van der Waals surface area contributed by atoms with Crippen LogP contribution in [-0.4, -0.2) is 29.4 Å². The van der Waals surface area contributed by atoms with E-state index in [9.17, 15) is 18.0 Å². The lowest BCUT2D eigenvalue weighted by Crippen LogP contribution is -2.47. The summed E-state index contributed by atoms with van der Waals surface area (Å²) in [6, 6.07) is 14.0. The molecule has 0 bridgehead atoms. The zero-order valence-corrected chi connectivity index (χ0v) is 17.1. The van der Waals surface area contributed by atoms with Gasteiger partial charge in [-0.15, -0.1) is 0 Å². The van der Waals surface area contributed by atoms with Crippen LogP contribution in [0.15, 0.2) is 48.5 Å². The van der Waals surface area contributed by atoms with Gasteiger partial charge in [-0.3, -0.25) is 9.69 Å². The molecule has 3 unspecified atom stereocenters. The number of alkyl halides is 3. The molecule has 2 aliphatic rings. The number of carbonyl (C=O) groups is 1. The first-order valence-corrected chi connectivity index (χ1v) is 10.6. The maximum absolute atomic E-state index is 13.3. The first kappa shape index (κ1) is 20.9. The molecule has 0 radical (unpaired) electrons. The molecule has 30 heavy (non-hydrogen) atoms. The van der Waals surface area contributed by atoms with Crippen LogP contribution in [0.4, 0.5) is 13.2 Å². The molecule has 160 valence electrons. The fourth-order valence-electron chi connectivity index (χ4n) is 5.13. The quantitative estimate of drug-likeness (QED) is 0.714. The summed E-state index contributed by atoms with van der Waals surface area (Å²) in [5, 5.41) is 3.10. The molecule has 2 aliphatic heterocycles. The van der Waals surface area contributed by atoms with Crippen molar-refractivity contribution >= 4 is 5.91 Å². The molecule has 4 rings (SSSR count). The summed E-state index contributed by atoms with van der Waals surface area (Å²) in [5.74, 6) is -0.451. The Morgan fingerprint density at radius 3 is 2.53 bits per heavy atom. The highest BCUT2D eigenvalue weighted by Gasteiger charge is 2.40. The van der Waals surface area contributed by atoms with Crippen LogP contribution in [0.25, 0.3) is 0 Å². The minimum absolute atomic E-state index is 0.0309. The fraction of sp³-hybridized carbons (Fsp3) is 0.458. The number of fused-ring (bicyclic) bond motifs is 1. The number of rotatable bonds is 4. The molecule has 2 aromatic carbocycles. The molecular formula is C24H27F3N2O. The van der Waals surface area contributed by atoms with E-state index < -0.39 is 17.6 Å². The van der Waals surface area contributed by atoms with Crippen LogP contribution < -0.4 is 5.32 Å². The predicted octanol–water partition coefficient (Wildman–Crippen LogP) is 5.50. The average Bonchev–Trinajstić information content (AvgIpc) is 3.15. The van der Waals surface area contributed by atoms with E-state index in [0.717, 1.165) is 37.4 Å². The third-order valence-electron chi connectivity index (χ3n) is 6.61. The third kappa shape index (κ3) is 4.10. The number of nitrogens with zero attached hydrogens (tertiary/aromatic N) is 1. The monoisotopic (exact) mass is 416 g/mol. The SMILES string of the molecule is Cc1c(C(=O)NC(c2ccccc2)C2CCC3CCCCN32)cccc1C(F)(F)F. The van der Waals surface area contributed by atoms with Crippen molar-refractivity contribution in [3.05, 3.63) is 70.8 Å². The van der Waals surface area contributed by atoms with Gasteiger partial charge in [-0.1, -0.05) is 42.8 Å². The van der Waals surface area contributed by atoms with Crippen molar-refractivity contribution in [1.29, 1.82) is 0 Å². The Balaban J connectivity index is 1.64. The van der Waals surface area contributed by atoms with Crippen molar-refractivity contribution < 1.29 is 18.0 Å². The zero-order valence-electron chi connectivity index (χ0n) is 17.1. The largest absolute Gasteiger partial charge is 0.416 e. The van der Waals surface area contributed by atoms with Gasteiger partial charge in [0.15, 0.2) is 0 Å². The van der Waals surface area contributed by atoms with Crippen LogP contribution in [0, 0.1) is 6.92 Å². The first-order chi connectivity index (χ1) is 14.4. The highest BCUT2D eigenvalue weighted by molar-refractivity contribution is 5.96. The Morgan fingerprint density at radius 2 is 1.80 bits per heavy atom. The number of benzene rings is 2. The summed E-state index contributed by atoms with van der Waals surface area (Å²) in [7, 11) is 0. The lowest BCUT2D eigenvalue weighted by Gasteiger charge is -2.38. The molecule has 0 saturated carbocycles. The van der Waals surface area contributed by atoms with E-state index in [1.54, 1.807) is 0 Å². The van der Waals surface area contributed by atoms with E-state index >= 15 is 0 Å². The zero-order chi connectivity index (χ0) is 21.3. The number of nitrogens with one attached hydrogen (secondary N) is 1. The minimum atomic E-state index is -4.48. The van der Waals surface area contributed by atoms with E-state index in [1.165, 1.54) is 31.9 Å². The maximum Gasteiger partial charge on any atom is 0.416 e. The minimum Gasteiger partial charge on any atom is -0.344 e. The van der Waals surface area contributed by atoms with Crippen LogP contribution in [0.5, 0.6) is 0 Å². The van der Waals surface area contributed by atoms with Gasteiger partial charge in [0.25, 0.3) is 5.91 Å². The topological polar surface area (TPSA) is 32.3 Å². The molecule has 3 atom stereocenters. The number of hydrogen-bond acceptors (Lipinski definition) is 2. The summed E-state index contributed by atoms with van der Waals surface area (Å²) in [6.07, 6.45) is 1.16. The van der Waals surface area contributed by atoms with Gasteiger partial charge in [0.1, 0.15) is 0 Å². The van der Waals surface area contributed by atoms with Gasteiger partial charge in [0, 0.05) is 17.6 Å². The van der Waals surface area contributed by atoms with Crippen molar-refractivity contribution in [1.82, 2.24) is 10.2 Å². The Kier molecular flexibility index (Phi) is 5.87. The van der Waals surface area contributed by atoms with Crippen molar-refractivity contribution in [2.75, 3.05) is 6.54 Å². The third-order valence-corrected chi connectivity index (χ3v) is 6.61. The van der Waals surface area contributed by atoms with Gasteiger partial charge in [-0.05, 0) is 62.4 Å². The molecule has 2 aromatic rings. The molecule has 0 spiro atoms. The summed E-state index contributed by atoms with van der Waals surface area (Å²) in [4.78, 5) is 15.6. The second-order valence-corrected chi connectivity index (χ2v) is 8.37. The van der Waals surface area contributed by atoms with Crippen molar-refractivity contribution in [2.24, 2.45) is 0 Å². The molecular weight excluding hydrogens is 389 g/mol. The van der Waals surface area contributed by atoms with E-state index in [-0.39, 0.29) is 23.2 Å². The van der Waals surface area contributed by atoms with Crippen molar-refractivity contribution in [3.63, 3.8) is 0 Å². The molecule has 1 N–H and O–H groups in total. The maximum atomic E-state index is 13.3. The van der Waals surface area contributed by atoms with Gasteiger partial charge in [-0.25, -0.2) is 0 Å². The van der Waals surface area contributed by atoms with Gasteiger partial charge in [-0.2, -0.15) is 13.2 Å². The number of piperidine rings is 1. The molecule has 2 fully saturated rings. The van der Waals surface area contributed by atoms with E-state index in [0.29, 0.717) is 6.04 Å². The molecule has 0 aliphatic carbocycles. The van der Waals surface area contributed by atoms with E-state index in [1.807, 2.05) is 30.3 Å². The molecule has 2 heterocycles. The van der Waals surface area contributed by atoms with Crippen LogP contribution in [0.1, 0.15) is 65.2 Å². The highest BCUT2D eigenvalue weighted by Crippen LogP contribution is 2.38. The smallest absolute Gasteiger partial charge is 0.344 e. The second kappa shape index (κ2) is 8.42. The number of hydrogen-bond donors (Lipinski definition) is 1. The molecule has 1 amide bonds. The summed E-state index contributed by atoms with van der Waals surface area (Å²) >= 11 is 0. The Hall–Kier alpha value is -2.34. The highest BCUT2D eigenvalue weighted by atomic mass is 19.4. The van der Waals surface area contributed by atoms with Gasteiger partial charge in [0.05, 0.1) is 11.6 Å². The van der Waals surface area contributed by atoms with E-state index in [4.69, 9.17) is 0 Å². The van der Waals surface area contributed by atoms with Gasteiger partial charge < -0.3 is 5.32 Å². The second-order valence-electron chi connectivity index (χ2n) is 8.37. The Morgan fingerprint density at radius 1 is 1.03 bits per heavy atom. The average molecular weight is 416 g/mol. The van der Waals surface area contributed by atoms with Gasteiger partial charge >= 0.3 is 6.18 Å². The summed E-state index contributed by atoms with van der Waals surface area (Å²) < 4.78 is 39.9. The Bertz CT molecular complexity index is 897. The number of carbonyl (C=O) groups excluding carboxylic acids is 1. The number of halogens is 3. The number of amides is 1. The molecule has 6 heteroatoms. The fourth-order valence-corrected chi connectivity index (χ4v) is 5.13. The van der Waals surface area contributed by atoms with Crippen LogP contribution in [0.3, 0.4) is 0 Å². The van der Waals surface area contributed by atoms with Crippen molar-refractivity contribution in [2.45, 2.75) is 63.3 Å². The molecule has 2 saturated heterocycles. The van der Waals surface area contributed by atoms with Crippen molar-refractivity contribution in [3.8, 4) is 0 Å². The standard InChI is InChI=1S/C24H27F3N2O/c1-16-19(11-7-12-20(16)24(25,26)27)23(30)28-22(17-8-3-2-4-9-17)21-14-13-18-10-5-6-15-29(18)21/h2-4,7-9,11-12,18,21-22H,5-6,10,13-15H2,1H3,(H,28,30). The predicted molar refractivity (Wildman–Crippen MR) is 110 cm³/mol. The first-order valence-electron chi connectivity index (χ1n) is 10.6. The van der Waals surface area contributed by atoms with Crippen LogP contribution in [0.2, 0.25) is 0 Å². The lowest BCUT2D eigenvalue weighted by molar-refractivity contribution is -0.138. The summed E-state index contributed by atoms with van der Waals surface area (Å²) in [5.41, 5.74) is 0.283. The molecule has 3 nitrogen and oxygen atoms in total. The van der Waals surface area contributed by atoms with Gasteiger partial charge in [0.2, 0.25) is 0 Å². The van der Waals surface area contributed by atoms with E-state index in [2.05, 4.69) is 10.2 Å². The molecule has 0 aromatic heterocycles. The lowest BCUT2D eigenvalue weighted by atomic mass is 9.95. The van der Waals surface area contributed by atoms with Crippen LogP contribution in [-0.2, 0) is 6.18 Å². The Labute approximate surface area is 175 Å². The summed E-state index contributed by atoms with van der Waals surface area (Å²) in [6.45, 7) is 2.38.